The first kappa shape index (κ1) is 13.9. The molecule has 0 atom stereocenters. The van der Waals surface area contributed by atoms with Crippen LogP contribution in [0.25, 0.3) is 16.9 Å². The number of H-pyrrole nitrogens is 1. The van der Waals surface area contributed by atoms with Crippen LogP contribution in [0.4, 0.5) is 11.5 Å². The van der Waals surface area contributed by atoms with E-state index in [4.69, 9.17) is 5.73 Å². The van der Waals surface area contributed by atoms with Gasteiger partial charge in [-0.05, 0) is 24.3 Å². The maximum absolute atomic E-state index is 11.1. The average molecular weight is 319 g/mol. The van der Waals surface area contributed by atoms with E-state index in [2.05, 4.69) is 25.5 Å². The zero-order chi connectivity index (χ0) is 16.5. The topological polar surface area (TPSA) is 114 Å². The largest absolute Gasteiger partial charge is 0.366 e. The van der Waals surface area contributed by atoms with Crippen molar-refractivity contribution in [2.45, 2.75) is 0 Å². The van der Waals surface area contributed by atoms with Gasteiger partial charge < -0.3 is 11.1 Å². The minimum atomic E-state index is -0.459. The van der Waals surface area contributed by atoms with E-state index in [0.717, 1.165) is 16.9 Å². The number of nitrogens with two attached hydrogens (primary N) is 1. The molecule has 0 aliphatic heterocycles. The fourth-order valence-electron chi connectivity index (χ4n) is 2.47. The zero-order valence-electron chi connectivity index (χ0n) is 12.5. The van der Waals surface area contributed by atoms with Crippen molar-refractivity contribution in [3.63, 3.8) is 0 Å². The summed E-state index contributed by atoms with van der Waals surface area (Å²) in [5.41, 5.74) is 8.97. The zero-order valence-corrected chi connectivity index (χ0v) is 12.5. The predicted molar refractivity (Wildman–Crippen MR) is 88.8 cm³/mol. The van der Waals surface area contributed by atoms with Crippen LogP contribution < -0.4 is 11.1 Å². The maximum Gasteiger partial charge on any atom is 0.248 e. The Kier molecular flexibility index (Phi) is 3.20. The van der Waals surface area contributed by atoms with Crippen molar-refractivity contribution in [3.05, 3.63) is 60.8 Å². The van der Waals surface area contributed by atoms with Gasteiger partial charge in [0, 0.05) is 35.4 Å². The van der Waals surface area contributed by atoms with Crippen LogP contribution in [0.2, 0.25) is 0 Å². The first-order valence-corrected chi connectivity index (χ1v) is 7.20. The number of hydrogen-bond donors (Lipinski definition) is 3. The molecule has 0 saturated carbocycles. The highest BCUT2D eigenvalue weighted by atomic mass is 16.1. The Hall–Kier alpha value is -3.68. The average Bonchev–Trinajstić information content (AvgIpc) is 3.27. The number of nitrogens with one attached hydrogen (secondary N) is 2. The maximum atomic E-state index is 11.1. The molecule has 0 unspecified atom stereocenters. The van der Waals surface area contributed by atoms with Gasteiger partial charge in [0.2, 0.25) is 5.91 Å². The van der Waals surface area contributed by atoms with Crippen LogP contribution in [-0.2, 0) is 0 Å². The number of carbonyl (C=O) groups is 1. The molecule has 0 spiro atoms. The summed E-state index contributed by atoms with van der Waals surface area (Å²) in [5, 5.41) is 9.95. The SMILES string of the molecule is NC(=O)c1ccc(Nc2ncc(-c3cn[nH]c3)n3ccnc23)cc1. The molecule has 4 rings (SSSR count). The number of amides is 1. The van der Waals surface area contributed by atoms with E-state index in [0.29, 0.717) is 17.0 Å². The Morgan fingerprint density at radius 2 is 2.00 bits per heavy atom. The van der Waals surface area contributed by atoms with Crippen LogP contribution >= 0.6 is 0 Å². The van der Waals surface area contributed by atoms with Crippen molar-refractivity contribution < 1.29 is 4.79 Å². The van der Waals surface area contributed by atoms with E-state index in [-0.39, 0.29) is 0 Å². The summed E-state index contributed by atoms with van der Waals surface area (Å²) >= 11 is 0. The third-order valence-electron chi connectivity index (χ3n) is 3.65. The molecule has 4 N–H and O–H groups in total. The quantitative estimate of drug-likeness (QED) is 0.532. The van der Waals surface area contributed by atoms with Gasteiger partial charge in [-0.1, -0.05) is 0 Å². The monoisotopic (exact) mass is 319 g/mol. The van der Waals surface area contributed by atoms with Gasteiger partial charge in [0.15, 0.2) is 11.5 Å². The molecule has 8 nitrogen and oxygen atoms in total. The highest BCUT2D eigenvalue weighted by molar-refractivity contribution is 5.93. The number of imidazole rings is 1. The van der Waals surface area contributed by atoms with Crippen molar-refractivity contribution in [2.75, 3.05) is 5.32 Å². The molecular formula is C16H13N7O. The Bertz CT molecular complexity index is 1000. The summed E-state index contributed by atoms with van der Waals surface area (Å²) in [6.45, 7) is 0. The fraction of sp³-hybridized carbons (Fsp3) is 0. The fourth-order valence-corrected chi connectivity index (χ4v) is 2.47. The second-order valence-electron chi connectivity index (χ2n) is 5.17. The molecule has 8 heteroatoms. The molecule has 3 aromatic heterocycles. The van der Waals surface area contributed by atoms with Crippen molar-refractivity contribution in [1.82, 2.24) is 24.6 Å². The van der Waals surface area contributed by atoms with Crippen LogP contribution in [0.1, 0.15) is 10.4 Å². The highest BCUT2D eigenvalue weighted by Gasteiger charge is 2.11. The van der Waals surface area contributed by atoms with Gasteiger partial charge in [-0.25, -0.2) is 9.97 Å². The first-order valence-electron chi connectivity index (χ1n) is 7.20. The lowest BCUT2D eigenvalue weighted by Crippen LogP contribution is -2.10. The summed E-state index contributed by atoms with van der Waals surface area (Å²) in [6, 6.07) is 6.86. The molecule has 0 bridgehead atoms. The van der Waals surface area contributed by atoms with Crippen molar-refractivity contribution in [3.8, 4) is 11.3 Å². The van der Waals surface area contributed by atoms with Gasteiger partial charge in [0.1, 0.15) is 0 Å². The molecule has 3 heterocycles. The molecule has 0 fully saturated rings. The molecule has 1 aromatic carbocycles. The molecule has 0 aliphatic rings. The van der Waals surface area contributed by atoms with Gasteiger partial charge in [0.05, 0.1) is 18.1 Å². The highest BCUT2D eigenvalue weighted by Crippen LogP contribution is 2.24. The Labute approximate surface area is 136 Å². The molecular weight excluding hydrogens is 306 g/mol. The van der Waals surface area contributed by atoms with Crippen LogP contribution in [-0.4, -0.2) is 30.5 Å². The van der Waals surface area contributed by atoms with Gasteiger partial charge in [-0.2, -0.15) is 5.10 Å². The molecule has 4 aromatic rings. The standard InChI is InChI=1S/C16H13N7O/c17-14(24)10-1-3-12(4-2-10)22-15-16-18-5-6-23(16)13(9-19-15)11-7-20-21-8-11/h1-9H,(H2,17,24)(H,19,22)(H,20,21). The summed E-state index contributed by atoms with van der Waals surface area (Å²) < 4.78 is 1.93. The lowest BCUT2D eigenvalue weighted by atomic mass is 10.2. The summed E-state index contributed by atoms with van der Waals surface area (Å²) in [7, 11) is 0. The third-order valence-corrected chi connectivity index (χ3v) is 3.65. The third kappa shape index (κ3) is 2.35. The number of anilines is 2. The summed E-state index contributed by atoms with van der Waals surface area (Å²) in [4.78, 5) is 20.0. The number of hydrogen-bond acceptors (Lipinski definition) is 5. The van der Waals surface area contributed by atoms with E-state index in [1.54, 1.807) is 49.1 Å². The number of nitrogens with zero attached hydrogens (tertiary/aromatic N) is 4. The normalized spacial score (nSPS) is 10.8. The first-order chi connectivity index (χ1) is 11.7. The number of aromatic amines is 1. The van der Waals surface area contributed by atoms with Gasteiger partial charge in [-0.15, -0.1) is 0 Å². The van der Waals surface area contributed by atoms with Gasteiger partial charge in [-0.3, -0.25) is 14.3 Å². The van der Waals surface area contributed by atoms with Crippen LogP contribution in [0, 0.1) is 0 Å². The number of fused-ring (bicyclic) bond motifs is 1. The molecule has 118 valence electrons. The second kappa shape index (κ2) is 5.51. The van der Waals surface area contributed by atoms with Crippen molar-refractivity contribution in [1.29, 1.82) is 0 Å². The van der Waals surface area contributed by atoms with Crippen molar-refractivity contribution in [2.24, 2.45) is 5.73 Å². The predicted octanol–water partition coefficient (Wildman–Crippen LogP) is 1.96. The van der Waals surface area contributed by atoms with Gasteiger partial charge in [0.25, 0.3) is 0 Å². The smallest absolute Gasteiger partial charge is 0.248 e. The lowest BCUT2D eigenvalue weighted by Gasteiger charge is -2.09. The minimum absolute atomic E-state index is 0.453. The minimum Gasteiger partial charge on any atom is -0.366 e. The number of rotatable bonds is 4. The van der Waals surface area contributed by atoms with E-state index >= 15 is 0 Å². The molecule has 0 aliphatic carbocycles. The number of primary amides is 1. The molecule has 0 saturated heterocycles. The van der Waals surface area contributed by atoms with Crippen LogP contribution in [0.15, 0.2) is 55.2 Å². The van der Waals surface area contributed by atoms with Crippen LogP contribution in [0.5, 0.6) is 0 Å². The Balaban J connectivity index is 1.72. The van der Waals surface area contributed by atoms with Crippen LogP contribution in [0.3, 0.4) is 0 Å². The van der Waals surface area contributed by atoms with Gasteiger partial charge >= 0.3 is 0 Å². The van der Waals surface area contributed by atoms with E-state index in [1.807, 2.05) is 10.6 Å². The number of aromatic nitrogens is 5. The number of carbonyl (C=O) groups excluding carboxylic acids is 1. The Morgan fingerprint density at radius 3 is 2.71 bits per heavy atom. The summed E-state index contributed by atoms with van der Waals surface area (Å²) in [5.74, 6) is 0.152. The number of benzene rings is 1. The summed E-state index contributed by atoms with van der Waals surface area (Å²) in [6.07, 6.45) is 8.85. The van der Waals surface area contributed by atoms with E-state index in [9.17, 15) is 4.79 Å². The second-order valence-corrected chi connectivity index (χ2v) is 5.17. The van der Waals surface area contributed by atoms with E-state index in [1.165, 1.54) is 0 Å². The van der Waals surface area contributed by atoms with Crippen molar-refractivity contribution >= 4 is 23.1 Å². The van der Waals surface area contributed by atoms with E-state index < -0.39 is 5.91 Å². The molecule has 24 heavy (non-hydrogen) atoms. The Morgan fingerprint density at radius 1 is 1.17 bits per heavy atom. The molecule has 0 radical (unpaired) electrons. The lowest BCUT2D eigenvalue weighted by molar-refractivity contribution is 0.100. The molecule has 1 amide bonds.